The van der Waals surface area contributed by atoms with Crippen molar-refractivity contribution < 1.29 is 4.42 Å². The van der Waals surface area contributed by atoms with Gasteiger partial charge in [-0.15, -0.1) is 0 Å². The lowest BCUT2D eigenvalue weighted by Crippen LogP contribution is -2.04. The summed E-state index contributed by atoms with van der Waals surface area (Å²) in [4.78, 5) is 4.44. The highest BCUT2D eigenvalue weighted by atomic mass is 79.9. The van der Waals surface area contributed by atoms with E-state index in [4.69, 9.17) is 10.2 Å². The molecular weight excluding hydrogens is 256 g/mol. The molecule has 0 radical (unpaired) electrons. The molecule has 0 bridgehead atoms. The zero-order chi connectivity index (χ0) is 10.8. The summed E-state index contributed by atoms with van der Waals surface area (Å²) in [5, 5.41) is 0. The van der Waals surface area contributed by atoms with Crippen LogP contribution in [0.2, 0.25) is 0 Å². The van der Waals surface area contributed by atoms with Gasteiger partial charge in [0.15, 0.2) is 11.5 Å². The predicted molar refractivity (Wildman–Crippen MR) is 63.8 cm³/mol. The number of nitrogens with zero attached hydrogens (tertiary/aromatic N) is 1. The maximum Gasteiger partial charge on any atom is 0.198 e. The molecule has 2 aromatic rings. The van der Waals surface area contributed by atoms with Crippen LogP contribution in [0.3, 0.4) is 0 Å². The van der Waals surface area contributed by atoms with Crippen molar-refractivity contribution in [1.29, 1.82) is 0 Å². The number of aromatic nitrogens is 1. The van der Waals surface area contributed by atoms with E-state index in [2.05, 4.69) is 27.8 Å². The van der Waals surface area contributed by atoms with Crippen LogP contribution in [0.25, 0.3) is 11.1 Å². The summed E-state index contributed by atoms with van der Waals surface area (Å²) in [5.41, 5.74) is 7.22. The van der Waals surface area contributed by atoms with Gasteiger partial charge in [0.25, 0.3) is 0 Å². The van der Waals surface area contributed by atoms with Gasteiger partial charge in [-0.1, -0.05) is 13.0 Å². The highest BCUT2D eigenvalue weighted by molar-refractivity contribution is 9.10. The fourth-order valence-electron chi connectivity index (χ4n) is 1.52. The molecule has 1 heterocycles. The number of oxazole rings is 1. The van der Waals surface area contributed by atoms with Gasteiger partial charge in [-0.3, -0.25) is 0 Å². The first-order valence-electron chi connectivity index (χ1n) is 4.97. The quantitative estimate of drug-likeness (QED) is 0.931. The molecule has 2 N–H and O–H groups in total. The number of fused-ring (bicyclic) bond motifs is 1. The van der Waals surface area contributed by atoms with E-state index in [1.165, 1.54) is 0 Å². The number of para-hydroxylation sites is 1. The van der Waals surface area contributed by atoms with Crippen molar-refractivity contribution >= 4 is 27.0 Å². The van der Waals surface area contributed by atoms with Gasteiger partial charge in [0.2, 0.25) is 0 Å². The first-order chi connectivity index (χ1) is 7.22. The van der Waals surface area contributed by atoms with Crippen LogP contribution < -0.4 is 5.73 Å². The summed E-state index contributed by atoms with van der Waals surface area (Å²) >= 11 is 3.44. The molecule has 1 atom stereocenters. The zero-order valence-corrected chi connectivity index (χ0v) is 10.1. The van der Waals surface area contributed by atoms with Gasteiger partial charge in [0, 0.05) is 5.92 Å². The van der Waals surface area contributed by atoms with Crippen molar-refractivity contribution in [2.75, 3.05) is 6.54 Å². The van der Waals surface area contributed by atoms with Gasteiger partial charge in [-0.05, 0) is 41.0 Å². The van der Waals surface area contributed by atoms with Gasteiger partial charge in [-0.25, -0.2) is 4.98 Å². The van der Waals surface area contributed by atoms with Crippen LogP contribution in [0.5, 0.6) is 0 Å². The molecule has 2 rings (SSSR count). The molecule has 15 heavy (non-hydrogen) atoms. The third-order valence-corrected chi connectivity index (χ3v) is 3.03. The van der Waals surface area contributed by atoms with Gasteiger partial charge in [-0.2, -0.15) is 0 Å². The normalized spacial score (nSPS) is 13.3. The van der Waals surface area contributed by atoms with Crippen LogP contribution in [-0.4, -0.2) is 11.5 Å². The molecule has 0 amide bonds. The fraction of sp³-hybridized carbons (Fsp3) is 0.364. The Morgan fingerprint density at radius 3 is 3.00 bits per heavy atom. The fourth-order valence-corrected chi connectivity index (χ4v) is 1.95. The first kappa shape index (κ1) is 10.6. The second-order valence-electron chi connectivity index (χ2n) is 3.62. The minimum absolute atomic E-state index is 0.272. The molecule has 0 saturated carbocycles. The third kappa shape index (κ3) is 2.06. The van der Waals surface area contributed by atoms with E-state index < -0.39 is 0 Å². The lowest BCUT2D eigenvalue weighted by Gasteiger charge is -2.02. The predicted octanol–water partition coefficient (Wildman–Crippen LogP) is 3.04. The average molecular weight is 269 g/mol. The number of rotatable bonds is 3. The molecule has 0 aliphatic heterocycles. The maximum atomic E-state index is 5.70. The Morgan fingerprint density at radius 2 is 2.33 bits per heavy atom. The number of halogens is 1. The second-order valence-corrected chi connectivity index (χ2v) is 4.47. The lowest BCUT2D eigenvalue weighted by atomic mass is 10.1. The summed E-state index contributed by atoms with van der Waals surface area (Å²) in [5.74, 6) is 1.04. The summed E-state index contributed by atoms with van der Waals surface area (Å²) in [6.45, 7) is 2.73. The molecule has 4 heteroatoms. The number of benzene rings is 1. The molecule has 1 unspecified atom stereocenters. The van der Waals surface area contributed by atoms with Crippen molar-refractivity contribution in [3.63, 3.8) is 0 Å². The van der Waals surface area contributed by atoms with E-state index in [9.17, 15) is 0 Å². The SMILES string of the molecule is CC(CCN)c1nc2cccc(Br)c2o1. The Bertz CT molecular complexity index is 467. The minimum Gasteiger partial charge on any atom is -0.439 e. The Morgan fingerprint density at radius 1 is 1.53 bits per heavy atom. The zero-order valence-electron chi connectivity index (χ0n) is 8.53. The Hall–Kier alpha value is -0.870. The standard InChI is InChI=1S/C11H13BrN2O/c1-7(5-6-13)11-14-9-4-2-3-8(12)10(9)15-11/h2-4,7H,5-6,13H2,1H3. The molecule has 0 aliphatic carbocycles. The van der Waals surface area contributed by atoms with E-state index in [-0.39, 0.29) is 5.92 Å². The second kappa shape index (κ2) is 4.33. The van der Waals surface area contributed by atoms with Crippen molar-refractivity contribution in [2.45, 2.75) is 19.3 Å². The molecule has 1 aromatic carbocycles. The number of hydrogen-bond acceptors (Lipinski definition) is 3. The smallest absolute Gasteiger partial charge is 0.198 e. The van der Waals surface area contributed by atoms with Gasteiger partial charge < -0.3 is 10.2 Å². The third-order valence-electron chi connectivity index (χ3n) is 2.40. The van der Waals surface area contributed by atoms with E-state index in [1.807, 2.05) is 18.2 Å². The van der Waals surface area contributed by atoms with E-state index >= 15 is 0 Å². The first-order valence-corrected chi connectivity index (χ1v) is 5.76. The van der Waals surface area contributed by atoms with Gasteiger partial charge in [0.1, 0.15) is 5.52 Å². The molecule has 1 aromatic heterocycles. The van der Waals surface area contributed by atoms with Crippen LogP contribution in [0.4, 0.5) is 0 Å². The van der Waals surface area contributed by atoms with Crippen molar-refractivity contribution in [3.05, 3.63) is 28.6 Å². The Labute approximate surface area is 96.8 Å². The van der Waals surface area contributed by atoms with E-state index in [1.54, 1.807) is 0 Å². The topological polar surface area (TPSA) is 52.0 Å². The van der Waals surface area contributed by atoms with Crippen molar-refractivity contribution in [2.24, 2.45) is 5.73 Å². The van der Waals surface area contributed by atoms with Crippen LogP contribution in [-0.2, 0) is 0 Å². The molecule has 0 fully saturated rings. The molecule has 0 spiro atoms. The lowest BCUT2D eigenvalue weighted by molar-refractivity contribution is 0.472. The van der Waals surface area contributed by atoms with Crippen LogP contribution in [0.15, 0.2) is 27.1 Å². The molecule has 0 aliphatic rings. The Balaban J connectivity index is 2.43. The highest BCUT2D eigenvalue weighted by Crippen LogP contribution is 2.28. The van der Waals surface area contributed by atoms with Crippen LogP contribution in [0, 0.1) is 0 Å². The molecule has 80 valence electrons. The van der Waals surface area contributed by atoms with Crippen molar-refractivity contribution in [1.82, 2.24) is 4.98 Å². The highest BCUT2D eigenvalue weighted by Gasteiger charge is 2.13. The number of nitrogens with two attached hydrogens (primary N) is 1. The maximum absolute atomic E-state index is 5.70. The minimum atomic E-state index is 0.272. The largest absolute Gasteiger partial charge is 0.439 e. The molecular formula is C11H13BrN2O. The van der Waals surface area contributed by atoms with Crippen LogP contribution in [0.1, 0.15) is 25.2 Å². The summed E-state index contributed by atoms with van der Waals surface area (Å²) < 4.78 is 6.64. The summed E-state index contributed by atoms with van der Waals surface area (Å²) in [6, 6.07) is 5.85. The average Bonchev–Trinajstić information content (AvgIpc) is 2.63. The van der Waals surface area contributed by atoms with Crippen molar-refractivity contribution in [3.8, 4) is 0 Å². The summed E-state index contributed by atoms with van der Waals surface area (Å²) in [6.07, 6.45) is 0.893. The number of hydrogen-bond donors (Lipinski definition) is 1. The van der Waals surface area contributed by atoms with Gasteiger partial charge >= 0.3 is 0 Å². The summed E-state index contributed by atoms with van der Waals surface area (Å²) in [7, 11) is 0. The molecule has 3 nitrogen and oxygen atoms in total. The van der Waals surface area contributed by atoms with E-state index in [0.717, 1.165) is 27.9 Å². The van der Waals surface area contributed by atoms with Gasteiger partial charge in [0.05, 0.1) is 4.47 Å². The monoisotopic (exact) mass is 268 g/mol. The molecule has 0 saturated heterocycles. The van der Waals surface area contributed by atoms with Crippen LogP contribution >= 0.6 is 15.9 Å². The Kier molecular flexibility index (Phi) is 3.07. The van der Waals surface area contributed by atoms with E-state index in [0.29, 0.717) is 6.54 Å².